The lowest BCUT2D eigenvalue weighted by Gasteiger charge is -2.39. The van der Waals surface area contributed by atoms with Crippen molar-refractivity contribution in [1.29, 1.82) is 0 Å². The Morgan fingerprint density at radius 2 is 1.87 bits per heavy atom. The largest absolute Gasteiger partial charge is 0.472 e. The first-order chi connectivity index (χ1) is 21.8. The molecule has 6 aliphatic heterocycles. The number of aromatic nitrogens is 4. The molecule has 4 bridgehead atoms. The van der Waals surface area contributed by atoms with Crippen LogP contribution in [0.4, 0.5) is 5.82 Å². The number of amides is 1. The second-order valence-corrected chi connectivity index (χ2v) is 14.2. The van der Waals surface area contributed by atoms with E-state index in [2.05, 4.69) is 30.6 Å². The molecule has 46 heavy (non-hydrogen) atoms. The summed E-state index contributed by atoms with van der Waals surface area (Å²) in [5.74, 6) is -0.402. The summed E-state index contributed by atoms with van der Waals surface area (Å²) in [5.41, 5.74) is 10.5. The van der Waals surface area contributed by atoms with Crippen LogP contribution in [-0.4, -0.2) is 132 Å². The van der Waals surface area contributed by atoms with E-state index in [0.29, 0.717) is 0 Å². The number of rotatable bonds is 2. The van der Waals surface area contributed by atoms with Crippen LogP contribution in [0.25, 0.3) is 11.2 Å². The number of phosphoric acid groups is 2. The van der Waals surface area contributed by atoms with E-state index in [1.807, 2.05) is 0 Å². The first kappa shape index (κ1) is 30.6. The first-order valence-corrected chi connectivity index (χ1v) is 16.8. The van der Waals surface area contributed by atoms with Gasteiger partial charge in [0.2, 0.25) is 0 Å². The van der Waals surface area contributed by atoms with Crippen molar-refractivity contribution < 1.29 is 61.1 Å². The van der Waals surface area contributed by atoms with Crippen LogP contribution in [0.3, 0.4) is 0 Å². The van der Waals surface area contributed by atoms with Crippen molar-refractivity contribution in [2.45, 2.75) is 67.1 Å². The predicted molar refractivity (Wildman–Crippen MR) is 145 cm³/mol. The molecule has 0 saturated carbocycles. The average molecular weight is 690 g/mol. The summed E-state index contributed by atoms with van der Waals surface area (Å²) in [7, 11) is -10.0. The molecule has 1 amide bonds. The standard InChI is InChI=1S/C21H28N10O13P2/c22-14-8-15(25-4-24-14)30(5-26-8)19-12-13-21(42-19,2-38-12)3-40-46(36,37)43-11-10(32)7(1-39-45(34,35)44-13)41-18(11)31-6-27-9-16(31)28-20(23)29-17(9)33/h4-7,9-13,16,18-20,28,32H,1-3,23H2,(H,29,33)(H,34,35)(H,36,37)(H2,22,24,25). The van der Waals surface area contributed by atoms with E-state index in [1.165, 1.54) is 28.5 Å². The molecule has 13 unspecified atom stereocenters. The summed E-state index contributed by atoms with van der Waals surface area (Å²) in [6.07, 6.45) is -7.70. The van der Waals surface area contributed by atoms with E-state index >= 15 is 0 Å². The number of imidazole rings is 1. The molecule has 5 fully saturated rings. The molecule has 250 valence electrons. The summed E-state index contributed by atoms with van der Waals surface area (Å²) in [6, 6.07) is -0.973. The van der Waals surface area contributed by atoms with Crippen LogP contribution in [-0.2, 0) is 46.2 Å². The Morgan fingerprint density at radius 3 is 2.70 bits per heavy atom. The van der Waals surface area contributed by atoms with Gasteiger partial charge in [0.25, 0.3) is 5.91 Å². The smallest absolute Gasteiger partial charge is 0.387 e. The zero-order chi connectivity index (χ0) is 32.2. The molecular formula is C21H28N10O13P2. The molecular weight excluding hydrogens is 662 g/mol. The third-order valence-electron chi connectivity index (χ3n) is 8.51. The van der Waals surface area contributed by atoms with Crippen LogP contribution in [0.1, 0.15) is 6.23 Å². The number of fused-ring (bicyclic) bond motifs is 4. The number of aliphatic hydroxyl groups excluding tert-OH is 1. The molecule has 0 aromatic carbocycles. The van der Waals surface area contributed by atoms with Crippen LogP contribution in [0.2, 0.25) is 0 Å². The van der Waals surface area contributed by atoms with Gasteiger partial charge in [-0.05, 0) is 0 Å². The molecule has 2 aromatic rings. The zero-order valence-corrected chi connectivity index (χ0v) is 25.1. The summed E-state index contributed by atoms with van der Waals surface area (Å²) in [6.45, 7) is -1.76. The Bertz CT molecular complexity index is 1700. The number of anilines is 1. The van der Waals surface area contributed by atoms with Crippen molar-refractivity contribution in [1.82, 2.24) is 35.1 Å². The Hall–Kier alpha value is -2.73. The lowest BCUT2D eigenvalue weighted by atomic mass is 10.0. The number of nitrogens with zero attached hydrogens (tertiary/aromatic N) is 6. The highest BCUT2D eigenvalue weighted by Crippen LogP contribution is 2.58. The third-order valence-corrected chi connectivity index (χ3v) is 10.4. The number of carbonyl (C=O) groups excluding carboxylic acids is 1. The highest BCUT2D eigenvalue weighted by molar-refractivity contribution is 7.47. The number of hydrogen-bond acceptors (Lipinski definition) is 19. The minimum atomic E-state index is -5.07. The Morgan fingerprint density at radius 1 is 1.07 bits per heavy atom. The molecule has 8 rings (SSSR count). The second-order valence-electron chi connectivity index (χ2n) is 11.3. The van der Waals surface area contributed by atoms with Gasteiger partial charge in [-0.2, -0.15) is 0 Å². The quantitative estimate of drug-likeness (QED) is 0.148. The molecule has 0 radical (unpaired) electrons. The molecule has 23 nitrogen and oxygen atoms in total. The number of nitrogens with one attached hydrogen (secondary N) is 2. The molecule has 0 spiro atoms. The fraction of sp³-hybridized carbons (Fsp3) is 0.667. The maximum absolute atomic E-state index is 13.4. The van der Waals surface area contributed by atoms with E-state index in [1.54, 1.807) is 0 Å². The summed E-state index contributed by atoms with van der Waals surface area (Å²) in [5, 5.41) is 16.5. The van der Waals surface area contributed by atoms with Crippen LogP contribution < -0.4 is 22.1 Å². The number of hydrogen-bond donors (Lipinski definition) is 7. The van der Waals surface area contributed by atoms with Crippen molar-refractivity contribution >= 4 is 44.9 Å². The molecule has 8 heterocycles. The van der Waals surface area contributed by atoms with Gasteiger partial charge in [0.15, 0.2) is 30.0 Å². The Labute approximate surface area is 257 Å². The van der Waals surface area contributed by atoms with Crippen LogP contribution >= 0.6 is 15.6 Å². The summed E-state index contributed by atoms with van der Waals surface area (Å²) in [4.78, 5) is 51.9. The zero-order valence-electron chi connectivity index (χ0n) is 23.3. The molecule has 9 N–H and O–H groups in total. The third kappa shape index (κ3) is 4.87. The minimum absolute atomic E-state index is 0.0956. The molecule has 5 saturated heterocycles. The van der Waals surface area contributed by atoms with Crippen molar-refractivity contribution in [2.75, 3.05) is 25.6 Å². The SMILES string of the molecule is Nc1ncnc2c1ncn2C1OC23COC1C2OP(=O)(O)OCC1OC(N2C=NC4C(=O)NC(N)NC42)C(OP(=O)(O)OC3)C1O. The van der Waals surface area contributed by atoms with Crippen LogP contribution in [0, 0.1) is 0 Å². The molecule has 25 heteroatoms. The fourth-order valence-electron chi connectivity index (χ4n) is 6.40. The second kappa shape index (κ2) is 10.6. The van der Waals surface area contributed by atoms with Gasteiger partial charge in [-0.1, -0.05) is 0 Å². The topological polar surface area (TPSA) is 312 Å². The Kier molecular flexibility index (Phi) is 7.07. The van der Waals surface area contributed by atoms with Gasteiger partial charge in [0.05, 0.1) is 32.5 Å². The predicted octanol–water partition coefficient (Wildman–Crippen LogP) is -3.82. The number of aliphatic imine (C=N–C) groups is 1. The van der Waals surface area contributed by atoms with Gasteiger partial charge in [-0.25, -0.2) is 24.1 Å². The maximum Gasteiger partial charge on any atom is 0.472 e. The molecule has 0 aliphatic carbocycles. The van der Waals surface area contributed by atoms with E-state index in [0.717, 1.165) is 0 Å². The van der Waals surface area contributed by atoms with E-state index in [4.69, 9.17) is 43.8 Å². The number of carbonyl (C=O) groups is 1. The van der Waals surface area contributed by atoms with Gasteiger partial charge in [-0.15, -0.1) is 0 Å². The lowest BCUT2D eigenvalue weighted by Crippen LogP contribution is -2.70. The van der Waals surface area contributed by atoms with Crippen molar-refractivity contribution in [3.05, 3.63) is 12.7 Å². The van der Waals surface area contributed by atoms with Gasteiger partial charge < -0.3 is 45.1 Å². The Balaban J connectivity index is 1.10. The van der Waals surface area contributed by atoms with E-state index in [9.17, 15) is 28.8 Å². The van der Waals surface area contributed by atoms with E-state index < -0.39 is 102 Å². The van der Waals surface area contributed by atoms with Gasteiger partial charge in [0.1, 0.15) is 60.4 Å². The van der Waals surface area contributed by atoms with Gasteiger partial charge >= 0.3 is 15.6 Å². The minimum Gasteiger partial charge on any atom is -0.387 e. The molecule has 6 aliphatic rings. The average Bonchev–Trinajstić information content (AvgIpc) is 3.80. The summed E-state index contributed by atoms with van der Waals surface area (Å²) >= 11 is 0. The molecule has 13 atom stereocenters. The van der Waals surface area contributed by atoms with Gasteiger partial charge in [0, 0.05) is 0 Å². The number of ether oxygens (including phenoxy) is 3. The maximum atomic E-state index is 13.4. The lowest BCUT2D eigenvalue weighted by molar-refractivity contribution is -0.184. The summed E-state index contributed by atoms with van der Waals surface area (Å²) < 4.78 is 67.8. The number of aliphatic hydroxyl groups is 1. The monoisotopic (exact) mass is 690 g/mol. The number of phosphoric ester groups is 2. The highest BCUT2D eigenvalue weighted by atomic mass is 31.2. The van der Waals surface area contributed by atoms with Crippen LogP contribution in [0.5, 0.6) is 0 Å². The van der Waals surface area contributed by atoms with Crippen LogP contribution in [0.15, 0.2) is 17.6 Å². The number of nitrogens with two attached hydrogens (primary N) is 2. The highest BCUT2D eigenvalue weighted by Gasteiger charge is 2.66. The fourth-order valence-corrected chi connectivity index (χ4v) is 8.37. The molecule has 2 aromatic heterocycles. The first-order valence-electron chi connectivity index (χ1n) is 13.8. The van der Waals surface area contributed by atoms with E-state index in [-0.39, 0.29) is 23.6 Å². The van der Waals surface area contributed by atoms with Crippen molar-refractivity contribution in [2.24, 2.45) is 10.7 Å². The van der Waals surface area contributed by atoms with Gasteiger partial charge in [-0.3, -0.25) is 43.5 Å². The number of nitrogen functional groups attached to an aromatic ring is 1. The van der Waals surface area contributed by atoms with Crippen molar-refractivity contribution in [3.8, 4) is 0 Å². The van der Waals surface area contributed by atoms with Crippen molar-refractivity contribution in [3.63, 3.8) is 0 Å². The normalized spacial score (nSPS) is 47.2.